The molecule has 0 N–H and O–H groups in total. The maximum Gasteiger partial charge on any atom is 0.422 e. The second-order valence-electron chi connectivity index (χ2n) is 8.44. The van der Waals surface area contributed by atoms with E-state index in [0.717, 1.165) is 11.6 Å². The van der Waals surface area contributed by atoms with Gasteiger partial charge in [0, 0.05) is 22.6 Å². The zero-order valence-corrected chi connectivity index (χ0v) is 19.3. The molecule has 0 unspecified atom stereocenters. The Balaban J connectivity index is 1.44. The van der Waals surface area contributed by atoms with E-state index in [0.29, 0.717) is 17.7 Å². The van der Waals surface area contributed by atoms with E-state index in [-0.39, 0.29) is 42.2 Å². The summed E-state index contributed by atoms with van der Waals surface area (Å²) in [6.45, 7) is 1.54. The molecule has 37 heavy (non-hydrogen) atoms. The lowest BCUT2D eigenvalue weighted by Gasteiger charge is -2.30. The zero-order chi connectivity index (χ0) is 26.9. The normalized spacial score (nSPS) is 19.1. The average molecular weight is 528 g/mol. The van der Waals surface area contributed by atoms with Crippen molar-refractivity contribution < 1.29 is 44.6 Å². The fraction of sp³-hybridized carbons (Fsp3) is 0.259. The van der Waals surface area contributed by atoms with Crippen molar-refractivity contribution in [3.63, 3.8) is 0 Å². The third-order valence-electron chi connectivity index (χ3n) is 5.98. The Morgan fingerprint density at radius 1 is 0.811 bits per heavy atom. The first kappa shape index (κ1) is 26.8. The predicted octanol–water partition coefficient (Wildman–Crippen LogP) is 8.64. The summed E-state index contributed by atoms with van der Waals surface area (Å²) in [7, 11) is 0. The second-order valence-corrected chi connectivity index (χ2v) is 8.44. The van der Waals surface area contributed by atoms with E-state index in [2.05, 4.69) is 0 Å². The molecular formula is C27H20F8O2. The molecule has 1 aliphatic heterocycles. The quantitative estimate of drug-likeness (QED) is 0.309. The van der Waals surface area contributed by atoms with Crippen molar-refractivity contribution in [1.29, 1.82) is 0 Å². The third-order valence-corrected chi connectivity index (χ3v) is 5.98. The maximum absolute atomic E-state index is 14.6. The van der Waals surface area contributed by atoms with Gasteiger partial charge in [0.15, 0.2) is 12.1 Å². The number of benzene rings is 3. The van der Waals surface area contributed by atoms with Crippen LogP contribution in [0.1, 0.15) is 47.8 Å². The molecule has 196 valence electrons. The van der Waals surface area contributed by atoms with E-state index in [4.69, 9.17) is 9.47 Å². The fourth-order valence-corrected chi connectivity index (χ4v) is 4.02. The van der Waals surface area contributed by atoms with Gasteiger partial charge < -0.3 is 9.47 Å². The van der Waals surface area contributed by atoms with Crippen molar-refractivity contribution in [3.8, 4) is 11.1 Å². The SMILES string of the molecule is CCC(F)=C(F)c1ccc(-c2ccc(C3COC(c4cc(F)c(C(F)(F)F)c(F)c4)OC3)cc2)c(F)c1. The van der Waals surface area contributed by atoms with Crippen LogP contribution in [0.25, 0.3) is 17.0 Å². The van der Waals surface area contributed by atoms with Gasteiger partial charge in [-0.2, -0.15) is 13.2 Å². The molecule has 1 fully saturated rings. The first-order valence-corrected chi connectivity index (χ1v) is 11.2. The molecule has 2 nitrogen and oxygen atoms in total. The van der Waals surface area contributed by atoms with Crippen molar-refractivity contribution >= 4 is 5.83 Å². The zero-order valence-electron chi connectivity index (χ0n) is 19.3. The highest BCUT2D eigenvalue weighted by atomic mass is 19.4. The van der Waals surface area contributed by atoms with Gasteiger partial charge in [0.05, 0.1) is 13.2 Å². The Bertz CT molecular complexity index is 1280. The van der Waals surface area contributed by atoms with Crippen LogP contribution >= 0.6 is 0 Å². The molecule has 1 heterocycles. The van der Waals surface area contributed by atoms with E-state index in [1.54, 1.807) is 24.3 Å². The first-order valence-electron chi connectivity index (χ1n) is 11.2. The van der Waals surface area contributed by atoms with Gasteiger partial charge in [0.1, 0.15) is 28.8 Å². The molecule has 3 aromatic carbocycles. The van der Waals surface area contributed by atoms with Crippen molar-refractivity contribution in [2.24, 2.45) is 0 Å². The van der Waals surface area contributed by atoms with Gasteiger partial charge in [-0.05, 0) is 35.7 Å². The number of halogens is 8. The molecule has 1 saturated heterocycles. The molecule has 0 radical (unpaired) electrons. The smallest absolute Gasteiger partial charge is 0.348 e. The largest absolute Gasteiger partial charge is 0.422 e. The van der Waals surface area contributed by atoms with E-state index < -0.39 is 47.1 Å². The number of rotatable bonds is 5. The van der Waals surface area contributed by atoms with Crippen LogP contribution in [0.3, 0.4) is 0 Å². The minimum atomic E-state index is -5.18. The van der Waals surface area contributed by atoms with Gasteiger partial charge in [-0.3, -0.25) is 0 Å². The van der Waals surface area contributed by atoms with Crippen LogP contribution in [0.15, 0.2) is 60.4 Å². The fourth-order valence-electron chi connectivity index (χ4n) is 4.02. The predicted molar refractivity (Wildman–Crippen MR) is 120 cm³/mol. The number of allylic oxidation sites excluding steroid dienone is 1. The Labute approximate surface area is 207 Å². The highest BCUT2D eigenvalue weighted by molar-refractivity contribution is 5.69. The monoisotopic (exact) mass is 528 g/mol. The Morgan fingerprint density at radius 2 is 1.41 bits per heavy atom. The van der Waals surface area contributed by atoms with E-state index in [1.165, 1.54) is 19.1 Å². The molecule has 3 aromatic rings. The highest BCUT2D eigenvalue weighted by Crippen LogP contribution is 2.37. The topological polar surface area (TPSA) is 18.5 Å². The van der Waals surface area contributed by atoms with Gasteiger partial charge in [0.25, 0.3) is 0 Å². The maximum atomic E-state index is 14.6. The molecule has 0 aliphatic carbocycles. The van der Waals surface area contributed by atoms with Gasteiger partial charge in [-0.1, -0.05) is 43.3 Å². The summed E-state index contributed by atoms with van der Waals surface area (Å²) in [5, 5.41) is 0. The molecule has 0 spiro atoms. The van der Waals surface area contributed by atoms with Gasteiger partial charge in [-0.15, -0.1) is 0 Å². The molecule has 0 saturated carbocycles. The number of alkyl halides is 3. The molecule has 4 rings (SSSR count). The summed E-state index contributed by atoms with van der Waals surface area (Å²) in [6.07, 6.45) is -6.57. The molecule has 0 bridgehead atoms. The van der Waals surface area contributed by atoms with Crippen molar-refractivity contribution in [2.75, 3.05) is 13.2 Å². The van der Waals surface area contributed by atoms with Crippen LogP contribution in [0.2, 0.25) is 0 Å². The number of ether oxygens (including phenoxy) is 2. The van der Waals surface area contributed by atoms with Crippen molar-refractivity contribution in [1.82, 2.24) is 0 Å². The minimum Gasteiger partial charge on any atom is -0.348 e. The molecular weight excluding hydrogens is 508 g/mol. The average Bonchev–Trinajstić information content (AvgIpc) is 2.86. The van der Waals surface area contributed by atoms with Crippen LogP contribution in [-0.2, 0) is 15.7 Å². The van der Waals surface area contributed by atoms with E-state index in [9.17, 15) is 35.1 Å². The first-order chi connectivity index (χ1) is 17.5. The standard InChI is InChI=1S/C27H20F8O2/c1-2-20(28)25(32)16-7-8-19(21(29)9-16)15-5-3-14(4-6-15)18-12-36-26(37-13-18)17-10-22(30)24(23(31)11-17)27(33,34)35/h3-11,18,26H,2,12-13H2,1H3. The molecule has 0 atom stereocenters. The lowest BCUT2D eigenvalue weighted by molar-refractivity contribution is -0.192. The number of hydrogen-bond donors (Lipinski definition) is 0. The van der Waals surface area contributed by atoms with Crippen molar-refractivity contribution in [3.05, 3.63) is 100 Å². The van der Waals surface area contributed by atoms with E-state index >= 15 is 0 Å². The third kappa shape index (κ3) is 5.70. The van der Waals surface area contributed by atoms with Crippen LogP contribution in [0, 0.1) is 17.5 Å². The van der Waals surface area contributed by atoms with E-state index in [1.807, 2.05) is 0 Å². The minimum absolute atomic E-state index is 0.0476. The van der Waals surface area contributed by atoms with Gasteiger partial charge in [-0.25, -0.2) is 22.0 Å². The molecule has 0 aromatic heterocycles. The number of hydrogen-bond acceptors (Lipinski definition) is 2. The second kappa shape index (κ2) is 10.6. The summed E-state index contributed by atoms with van der Waals surface area (Å²) >= 11 is 0. The summed E-state index contributed by atoms with van der Waals surface area (Å²) in [4.78, 5) is 0. The van der Waals surface area contributed by atoms with Gasteiger partial charge >= 0.3 is 6.18 Å². The van der Waals surface area contributed by atoms with Crippen LogP contribution in [0.4, 0.5) is 35.1 Å². The van der Waals surface area contributed by atoms with Gasteiger partial charge in [0.2, 0.25) is 0 Å². The molecule has 1 aliphatic rings. The molecule has 10 heteroatoms. The highest BCUT2D eigenvalue weighted by Gasteiger charge is 2.38. The van der Waals surface area contributed by atoms with Crippen LogP contribution < -0.4 is 0 Å². The van der Waals surface area contributed by atoms with Crippen LogP contribution in [0.5, 0.6) is 0 Å². The Hall–Kier alpha value is -3.24. The van der Waals surface area contributed by atoms with Crippen LogP contribution in [-0.4, -0.2) is 13.2 Å². The lowest BCUT2D eigenvalue weighted by Crippen LogP contribution is -2.26. The summed E-state index contributed by atoms with van der Waals surface area (Å²) < 4.78 is 119. The summed E-state index contributed by atoms with van der Waals surface area (Å²) in [6, 6.07) is 11.2. The van der Waals surface area contributed by atoms with Crippen molar-refractivity contribution in [2.45, 2.75) is 31.7 Å². The summed E-state index contributed by atoms with van der Waals surface area (Å²) in [5.41, 5.74) is -0.993. The lowest BCUT2D eigenvalue weighted by atomic mass is 9.96. The molecule has 0 amide bonds. The summed E-state index contributed by atoms with van der Waals surface area (Å²) in [5.74, 6) is -6.64. The Morgan fingerprint density at radius 3 is 1.92 bits per heavy atom. The Kier molecular flexibility index (Phi) is 7.70.